The maximum atomic E-state index is 11.4. The molecule has 0 atom stereocenters. The van der Waals surface area contributed by atoms with Crippen LogP contribution in [-0.2, 0) is 9.47 Å². The van der Waals surface area contributed by atoms with Crippen molar-refractivity contribution in [3.63, 3.8) is 0 Å². The Morgan fingerprint density at radius 2 is 2.05 bits per heavy atom. The first-order valence-corrected chi connectivity index (χ1v) is 6.33. The van der Waals surface area contributed by atoms with Crippen molar-refractivity contribution in [2.45, 2.75) is 26.4 Å². The number of nitrogens with zero attached hydrogens (tertiary/aromatic N) is 1. The third-order valence-corrected chi connectivity index (χ3v) is 2.08. The molecular formula is C15H18N2O4. The SMILES string of the molecule is COC(=O)c1cccc(C#CCNC(=O)OC(C)(C)C)n1. The number of nitrogens with one attached hydrogen (secondary N) is 1. The topological polar surface area (TPSA) is 77.5 Å². The van der Waals surface area contributed by atoms with Gasteiger partial charge in [-0.2, -0.15) is 0 Å². The Hall–Kier alpha value is -2.55. The largest absolute Gasteiger partial charge is 0.464 e. The lowest BCUT2D eigenvalue weighted by Crippen LogP contribution is -2.32. The molecule has 0 bridgehead atoms. The number of esters is 1. The highest BCUT2D eigenvalue weighted by Gasteiger charge is 2.15. The van der Waals surface area contributed by atoms with E-state index in [0.717, 1.165) is 0 Å². The van der Waals surface area contributed by atoms with Crippen LogP contribution in [0.4, 0.5) is 4.79 Å². The minimum absolute atomic E-state index is 0.124. The highest BCUT2D eigenvalue weighted by molar-refractivity contribution is 5.87. The van der Waals surface area contributed by atoms with Crippen molar-refractivity contribution in [3.8, 4) is 11.8 Å². The van der Waals surface area contributed by atoms with E-state index in [2.05, 4.69) is 26.9 Å². The summed E-state index contributed by atoms with van der Waals surface area (Å²) in [5.41, 5.74) is 0.0572. The molecule has 1 aromatic heterocycles. The molecule has 1 N–H and O–H groups in total. The minimum atomic E-state index is -0.548. The average molecular weight is 290 g/mol. The summed E-state index contributed by atoms with van der Waals surface area (Å²) in [6.45, 7) is 5.46. The molecule has 0 aliphatic heterocycles. The number of carbonyl (C=O) groups excluding carboxylic acids is 2. The Morgan fingerprint density at radius 1 is 1.33 bits per heavy atom. The van der Waals surface area contributed by atoms with Crippen molar-refractivity contribution < 1.29 is 19.1 Å². The third kappa shape index (κ3) is 6.43. The van der Waals surface area contributed by atoms with Gasteiger partial charge in [-0.3, -0.25) is 0 Å². The molecule has 0 saturated heterocycles. The van der Waals surface area contributed by atoms with E-state index in [0.29, 0.717) is 5.69 Å². The molecule has 21 heavy (non-hydrogen) atoms. The second-order valence-corrected chi connectivity index (χ2v) is 5.06. The lowest BCUT2D eigenvalue weighted by atomic mass is 10.2. The predicted molar refractivity (Wildman–Crippen MR) is 76.7 cm³/mol. The number of carbonyl (C=O) groups is 2. The van der Waals surface area contributed by atoms with Gasteiger partial charge in [0.2, 0.25) is 0 Å². The van der Waals surface area contributed by atoms with Crippen LogP contribution in [0.2, 0.25) is 0 Å². The summed E-state index contributed by atoms with van der Waals surface area (Å²) in [4.78, 5) is 26.7. The van der Waals surface area contributed by atoms with E-state index in [1.807, 2.05) is 0 Å². The maximum absolute atomic E-state index is 11.4. The number of hydrogen-bond donors (Lipinski definition) is 1. The standard InChI is InChI=1S/C15H18N2O4/c1-15(2,3)21-14(19)16-10-6-8-11-7-5-9-12(17-11)13(18)20-4/h5,7,9H,10H2,1-4H3,(H,16,19). The summed E-state index contributed by atoms with van der Waals surface area (Å²) in [5.74, 6) is 4.95. The molecule has 1 heterocycles. The number of aromatic nitrogens is 1. The Bertz CT molecular complexity index is 579. The number of ether oxygens (including phenoxy) is 2. The Labute approximate surface area is 123 Å². The molecule has 1 aromatic rings. The van der Waals surface area contributed by atoms with E-state index in [1.165, 1.54) is 13.2 Å². The van der Waals surface area contributed by atoms with Crippen LogP contribution in [0.15, 0.2) is 18.2 Å². The molecule has 0 aliphatic rings. The van der Waals surface area contributed by atoms with E-state index in [1.54, 1.807) is 32.9 Å². The summed E-state index contributed by atoms with van der Waals surface area (Å²) >= 11 is 0. The van der Waals surface area contributed by atoms with Crippen molar-refractivity contribution in [1.29, 1.82) is 0 Å². The monoisotopic (exact) mass is 290 g/mol. The molecule has 0 saturated carbocycles. The first kappa shape index (κ1) is 16.5. The van der Waals surface area contributed by atoms with E-state index >= 15 is 0 Å². The van der Waals surface area contributed by atoms with Gasteiger partial charge < -0.3 is 14.8 Å². The zero-order chi connectivity index (χ0) is 15.9. The minimum Gasteiger partial charge on any atom is -0.464 e. The van der Waals surface area contributed by atoms with Crippen LogP contribution in [-0.4, -0.2) is 36.3 Å². The molecule has 6 heteroatoms. The second kappa shape index (κ2) is 7.29. The quantitative estimate of drug-likeness (QED) is 0.663. The molecule has 0 aromatic carbocycles. The first-order chi connectivity index (χ1) is 9.81. The highest BCUT2D eigenvalue weighted by atomic mass is 16.6. The maximum Gasteiger partial charge on any atom is 0.408 e. The van der Waals surface area contributed by atoms with Gasteiger partial charge in [-0.05, 0) is 38.8 Å². The third-order valence-electron chi connectivity index (χ3n) is 2.08. The Balaban J connectivity index is 2.56. The normalized spacial score (nSPS) is 10.1. The predicted octanol–water partition coefficient (Wildman–Crippen LogP) is 1.74. The molecule has 6 nitrogen and oxygen atoms in total. The summed E-state index contributed by atoms with van der Waals surface area (Å²) in [6.07, 6.45) is -0.534. The molecule has 0 fully saturated rings. The summed E-state index contributed by atoms with van der Waals surface area (Å²) in [5, 5.41) is 2.50. The summed E-state index contributed by atoms with van der Waals surface area (Å²) < 4.78 is 9.63. The second-order valence-electron chi connectivity index (χ2n) is 5.06. The van der Waals surface area contributed by atoms with Gasteiger partial charge >= 0.3 is 12.1 Å². The molecule has 112 valence electrons. The van der Waals surface area contributed by atoms with Crippen LogP contribution in [0, 0.1) is 11.8 Å². The summed E-state index contributed by atoms with van der Waals surface area (Å²) in [7, 11) is 1.28. The van der Waals surface area contributed by atoms with Gasteiger partial charge in [0.25, 0.3) is 0 Å². The first-order valence-electron chi connectivity index (χ1n) is 6.33. The Kier molecular flexibility index (Phi) is 5.73. The van der Waals surface area contributed by atoms with Crippen LogP contribution in [0.1, 0.15) is 37.0 Å². The zero-order valence-electron chi connectivity index (χ0n) is 12.5. The lowest BCUT2D eigenvalue weighted by molar-refractivity contribution is 0.0533. The lowest BCUT2D eigenvalue weighted by Gasteiger charge is -2.18. The average Bonchev–Trinajstić information content (AvgIpc) is 2.41. The van der Waals surface area contributed by atoms with Crippen molar-refractivity contribution in [2.75, 3.05) is 13.7 Å². The van der Waals surface area contributed by atoms with Gasteiger partial charge in [-0.1, -0.05) is 12.0 Å². The summed E-state index contributed by atoms with van der Waals surface area (Å²) in [6, 6.07) is 4.85. The zero-order valence-corrected chi connectivity index (χ0v) is 12.5. The smallest absolute Gasteiger partial charge is 0.408 e. The van der Waals surface area contributed by atoms with Crippen LogP contribution >= 0.6 is 0 Å². The number of alkyl carbamates (subject to hydrolysis) is 1. The number of amides is 1. The van der Waals surface area contributed by atoms with Gasteiger partial charge in [0.15, 0.2) is 0 Å². The van der Waals surface area contributed by atoms with Gasteiger partial charge in [-0.15, -0.1) is 0 Å². The number of hydrogen-bond acceptors (Lipinski definition) is 5. The van der Waals surface area contributed by atoms with Gasteiger partial charge in [0, 0.05) is 0 Å². The van der Waals surface area contributed by atoms with Gasteiger partial charge in [-0.25, -0.2) is 14.6 Å². The fourth-order valence-corrected chi connectivity index (χ4v) is 1.29. The van der Waals surface area contributed by atoms with E-state index in [-0.39, 0.29) is 12.2 Å². The van der Waals surface area contributed by atoms with E-state index in [9.17, 15) is 9.59 Å². The van der Waals surface area contributed by atoms with Crippen molar-refractivity contribution in [1.82, 2.24) is 10.3 Å². The molecule has 1 rings (SSSR count). The molecule has 0 aliphatic carbocycles. The van der Waals surface area contributed by atoms with E-state index in [4.69, 9.17) is 4.74 Å². The molecule has 0 radical (unpaired) electrons. The molecule has 0 spiro atoms. The van der Waals surface area contributed by atoms with Crippen molar-refractivity contribution in [3.05, 3.63) is 29.6 Å². The van der Waals surface area contributed by atoms with Crippen LogP contribution in [0.3, 0.4) is 0 Å². The number of pyridine rings is 1. The van der Waals surface area contributed by atoms with Crippen molar-refractivity contribution in [2.24, 2.45) is 0 Å². The molecule has 1 amide bonds. The van der Waals surface area contributed by atoms with Crippen LogP contribution < -0.4 is 5.32 Å². The van der Waals surface area contributed by atoms with Crippen LogP contribution in [0.25, 0.3) is 0 Å². The van der Waals surface area contributed by atoms with Crippen molar-refractivity contribution >= 4 is 12.1 Å². The highest BCUT2D eigenvalue weighted by Crippen LogP contribution is 2.06. The molecular weight excluding hydrogens is 272 g/mol. The van der Waals surface area contributed by atoms with Gasteiger partial charge in [0.05, 0.1) is 13.7 Å². The Morgan fingerprint density at radius 3 is 2.67 bits per heavy atom. The fourth-order valence-electron chi connectivity index (χ4n) is 1.29. The van der Waals surface area contributed by atoms with Gasteiger partial charge in [0.1, 0.15) is 17.0 Å². The number of rotatable bonds is 2. The van der Waals surface area contributed by atoms with E-state index < -0.39 is 17.7 Å². The number of methoxy groups -OCH3 is 1. The van der Waals surface area contributed by atoms with Crippen LogP contribution in [0.5, 0.6) is 0 Å². The fraction of sp³-hybridized carbons (Fsp3) is 0.400. The molecule has 0 unspecified atom stereocenters.